The van der Waals surface area contributed by atoms with E-state index in [2.05, 4.69) is 10.6 Å². The van der Waals surface area contributed by atoms with Gasteiger partial charge in [-0.15, -0.1) is 0 Å². The lowest BCUT2D eigenvalue weighted by Gasteiger charge is -2.32. The van der Waals surface area contributed by atoms with Crippen LogP contribution in [0.3, 0.4) is 0 Å². The Morgan fingerprint density at radius 3 is 2.02 bits per heavy atom. The molecule has 12 nitrogen and oxygen atoms in total. The number of benzene rings is 3. The van der Waals surface area contributed by atoms with Crippen molar-refractivity contribution in [2.45, 2.75) is 56.0 Å². The number of carbonyl (C=O) groups is 1. The largest absolute Gasteiger partial charge is 0.469 e. The van der Waals surface area contributed by atoms with Gasteiger partial charge in [0.15, 0.2) is 0 Å². The van der Waals surface area contributed by atoms with Gasteiger partial charge in [-0.25, -0.2) is 17.8 Å². The summed E-state index contributed by atoms with van der Waals surface area (Å²) in [5.74, 6) is -0.236. The van der Waals surface area contributed by atoms with Gasteiger partial charge in [0, 0.05) is 30.7 Å². The van der Waals surface area contributed by atoms with E-state index >= 15 is 0 Å². The number of unbranched alkanes of at least 4 members (excludes halogenated alkanes) is 1. The molecule has 0 radical (unpaired) electrons. The van der Waals surface area contributed by atoms with Crippen molar-refractivity contribution in [2.75, 3.05) is 39.1 Å². The average molecular weight is 691 g/mol. The molecule has 2 atom stereocenters. The average Bonchev–Trinajstić information content (AvgIpc) is 3.03. The highest BCUT2D eigenvalue weighted by atomic mass is 32.2. The molecule has 0 bridgehead atoms. The van der Waals surface area contributed by atoms with Crippen LogP contribution in [0, 0.1) is 5.92 Å². The molecule has 258 valence electrons. The van der Waals surface area contributed by atoms with Crippen LogP contribution in [0.2, 0.25) is 0 Å². The highest BCUT2D eigenvalue weighted by molar-refractivity contribution is 7.89. The first-order valence-electron chi connectivity index (χ1n) is 15.5. The van der Waals surface area contributed by atoms with Gasteiger partial charge in [0.2, 0.25) is 10.0 Å². The third kappa shape index (κ3) is 12.3. The molecule has 1 amide bonds. The summed E-state index contributed by atoms with van der Waals surface area (Å²) >= 11 is 0. The van der Waals surface area contributed by atoms with Crippen LogP contribution in [-0.4, -0.2) is 74.0 Å². The first-order chi connectivity index (χ1) is 22.3. The summed E-state index contributed by atoms with van der Waals surface area (Å²) in [5, 5.41) is 6.40. The van der Waals surface area contributed by atoms with Gasteiger partial charge in [-0.2, -0.15) is 4.31 Å². The molecule has 0 aliphatic heterocycles. The Hall–Kier alpha value is -3.29. The van der Waals surface area contributed by atoms with E-state index < -0.39 is 36.6 Å². The van der Waals surface area contributed by atoms with E-state index in [4.69, 9.17) is 15.0 Å². The molecule has 0 spiro atoms. The first-order valence-corrected chi connectivity index (χ1v) is 18.5. The Bertz CT molecular complexity index is 1480. The molecule has 14 heteroatoms. The summed E-state index contributed by atoms with van der Waals surface area (Å²) in [4.78, 5) is 31.3. The third-order valence-electron chi connectivity index (χ3n) is 7.59. The molecule has 0 saturated heterocycles. The van der Waals surface area contributed by atoms with Crippen LogP contribution in [0.4, 0.5) is 10.5 Å². The van der Waals surface area contributed by atoms with Crippen molar-refractivity contribution in [1.82, 2.24) is 14.9 Å². The maximum Gasteiger partial charge on any atom is 0.469 e. The number of alkyl carbamates (subject to hydrolysis) is 1. The van der Waals surface area contributed by atoms with Crippen molar-refractivity contribution in [2.24, 2.45) is 5.92 Å². The minimum Gasteiger partial charge on any atom is -0.453 e. The van der Waals surface area contributed by atoms with Crippen LogP contribution in [-0.2, 0) is 23.8 Å². The van der Waals surface area contributed by atoms with Crippen LogP contribution in [0.1, 0.15) is 50.2 Å². The number of nitrogens with two attached hydrogens (primary N) is 1. The SMILES string of the molecule is COC(=O)N[C@H](CNCCCC[C@@H](COP(=O)(O)O)N(CC(C)C)S(=O)(=O)c1ccc(N)cc1)C(c1ccccc1)c1ccccc1. The van der Waals surface area contributed by atoms with E-state index in [1.54, 1.807) is 0 Å². The minimum atomic E-state index is -4.86. The molecule has 0 aromatic heterocycles. The second kappa shape index (κ2) is 18.3. The molecule has 0 saturated carbocycles. The van der Waals surface area contributed by atoms with Crippen LogP contribution < -0.4 is 16.4 Å². The molecule has 3 rings (SSSR count). The molecule has 3 aromatic rings. The predicted octanol–water partition coefficient (Wildman–Crippen LogP) is 4.71. The number of amides is 1. The van der Waals surface area contributed by atoms with E-state index in [0.29, 0.717) is 38.0 Å². The Morgan fingerprint density at radius 1 is 0.936 bits per heavy atom. The molecule has 0 unspecified atom stereocenters. The Morgan fingerprint density at radius 2 is 1.51 bits per heavy atom. The van der Waals surface area contributed by atoms with Crippen LogP contribution >= 0.6 is 7.82 Å². The van der Waals surface area contributed by atoms with E-state index in [0.717, 1.165) is 11.1 Å². The standard InChI is InChI=1S/C33H47N4O8PS/c1-25(2)23-37(47(42,43)30-19-17-28(34)18-20-30)29(24-45-46(39,40)41)16-10-11-21-35-22-31(36-33(38)44-3)32(26-12-6-4-7-13-26)27-14-8-5-9-15-27/h4-9,12-15,17-20,25,29,31-32,35H,10-11,16,21-24,34H2,1-3H3,(H,36,38)(H2,39,40,41)/t29-,31+/m0/s1. The minimum absolute atomic E-state index is 0.0331. The van der Waals surface area contributed by atoms with E-state index in [-0.39, 0.29) is 29.3 Å². The lowest BCUT2D eigenvalue weighted by molar-refractivity contribution is 0.140. The van der Waals surface area contributed by atoms with Crippen molar-refractivity contribution >= 4 is 29.6 Å². The fourth-order valence-electron chi connectivity index (χ4n) is 5.40. The molecule has 0 heterocycles. The number of methoxy groups -OCH3 is 1. The van der Waals surface area contributed by atoms with Crippen molar-refractivity contribution in [3.63, 3.8) is 0 Å². The van der Waals surface area contributed by atoms with Crippen molar-refractivity contribution in [1.29, 1.82) is 0 Å². The summed E-state index contributed by atoms with van der Waals surface area (Å²) in [5.41, 5.74) is 8.24. The van der Waals surface area contributed by atoms with Gasteiger partial charge >= 0.3 is 13.9 Å². The summed E-state index contributed by atoms with van der Waals surface area (Å²) < 4.78 is 50.2. The molecule has 6 N–H and O–H groups in total. The quantitative estimate of drug-likeness (QED) is 0.0672. The number of sulfonamides is 1. The number of nitrogen functional groups attached to an aromatic ring is 1. The molecule has 3 aromatic carbocycles. The number of phosphoric acid groups is 1. The Labute approximate surface area is 278 Å². The van der Waals surface area contributed by atoms with Crippen molar-refractivity contribution in [3.05, 3.63) is 96.1 Å². The number of rotatable bonds is 19. The normalized spacial score (nSPS) is 13.5. The molecule has 0 aliphatic rings. The number of ether oxygens (including phenoxy) is 1. The number of anilines is 1. The number of carbonyl (C=O) groups excluding carboxylic acids is 1. The monoisotopic (exact) mass is 690 g/mol. The zero-order chi connectivity index (χ0) is 34.5. The Kier molecular flexibility index (Phi) is 14.9. The van der Waals surface area contributed by atoms with Gasteiger partial charge in [-0.05, 0) is 60.7 Å². The topological polar surface area (TPSA) is 181 Å². The summed E-state index contributed by atoms with van der Waals surface area (Å²) in [7, 11) is -7.57. The zero-order valence-electron chi connectivity index (χ0n) is 27.1. The van der Waals surface area contributed by atoms with Gasteiger partial charge < -0.3 is 30.9 Å². The highest BCUT2D eigenvalue weighted by Crippen LogP contribution is 2.37. The Balaban J connectivity index is 1.73. The summed E-state index contributed by atoms with van der Waals surface area (Å²) in [6, 6.07) is 24.4. The van der Waals surface area contributed by atoms with Gasteiger partial charge in [0.1, 0.15) is 0 Å². The first kappa shape index (κ1) is 38.2. The summed E-state index contributed by atoms with van der Waals surface area (Å²) in [6.07, 6.45) is 0.900. The molecule has 0 fully saturated rings. The van der Waals surface area contributed by atoms with E-state index in [1.165, 1.54) is 35.7 Å². The van der Waals surface area contributed by atoms with E-state index in [9.17, 15) is 27.6 Å². The van der Waals surface area contributed by atoms with Crippen LogP contribution in [0.5, 0.6) is 0 Å². The molecular formula is C33H47N4O8PS. The van der Waals surface area contributed by atoms with Gasteiger partial charge in [0.25, 0.3) is 0 Å². The second-order valence-corrected chi connectivity index (χ2v) is 14.8. The zero-order valence-corrected chi connectivity index (χ0v) is 28.8. The molecule has 47 heavy (non-hydrogen) atoms. The van der Waals surface area contributed by atoms with Gasteiger partial charge in [-0.3, -0.25) is 4.52 Å². The van der Waals surface area contributed by atoms with Gasteiger partial charge in [0.05, 0.1) is 24.7 Å². The predicted molar refractivity (Wildman–Crippen MR) is 182 cm³/mol. The maximum absolute atomic E-state index is 13.7. The lowest BCUT2D eigenvalue weighted by atomic mass is 9.85. The van der Waals surface area contributed by atoms with Crippen molar-refractivity contribution < 1.29 is 36.8 Å². The highest BCUT2D eigenvalue weighted by Gasteiger charge is 2.34. The number of phosphoric ester groups is 1. The smallest absolute Gasteiger partial charge is 0.453 e. The van der Waals surface area contributed by atoms with Gasteiger partial charge in [-0.1, -0.05) is 80.9 Å². The molecule has 0 aliphatic carbocycles. The fraction of sp³-hybridized carbons (Fsp3) is 0.424. The lowest BCUT2D eigenvalue weighted by Crippen LogP contribution is -2.46. The molecular weight excluding hydrogens is 643 g/mol. The van der Waals surface area contributed by atoms with Crippen molar-refractivity contribution in [3.8, 4) is 0 Å². The number of hydrogen-bond acceptors (Lipinski definition) is 8. The summed E-state index contributed by atoms with van der Waals surface area (Å²) in [6.45, 7) is 4.34. The second-order valence-electron chi connectivity index (χ2n) is 11.7. The number of hydrogen-bond donors (Lipinski definition) is 5. The number of nitrogens with one attached hydrogen (secondary N) is 2. The fourth-order valence-corrected chi connectivity index (χ4v) is 7.57. The van der Waals surface area contributed by atoms with Crippen LogP contribution in [0.15, 0.2) is 89.8 Å². The number of nitrogens with zero attached hydrogens (tertiary/aromatic N) is 1. The van der Waals surface area contributed by atoms with Crippen LogP contribution in [0.25, 0.3) is 0 Å². The maximum atomic E-state index is 13.7. The van der Waals surface area contributed by atoms with E-state index in [1.807, 2.05) is 74.5 Å². The third-order valence-corrected chi connectivity index (χ3v) is 10.0.